The smallest absolute Gasteiger partial charge is 0.290 e. The fraction of sp³-hybridized carbons (Fsp3) is 0.148. The van der Waals surface area contributed by atoms with Crippen LogP contribution in [0.2, 0.25) is 0 Å². The Kier molecular flexibility index (Phi) is 7.50. The molecule has 0 amide bonds. The Morgan fingerprint density at radius 3 is 2.53 bits per heavy atom. The second-order valence-corrected chi connectivity index (χ2v) is 11.5. The molecule has 38 heavy (non-hydrogen) atoms. The summed E-state index contributed by atoms with van der Waals surface area (Å²) in [5, 5.41) is 25.2. The molecule has 0 unspecified atom stereocenters. The van der Waals surface area contributed by atoms with Gasteiger partial charge >= 0.3 is 0 Å². The van der Waals surface area contributed by atoms with Gasteiger partial charge in [0.1, 0.15) is 11.2 Å². The topological polar surface area (TPSA) is 93.4 Å². The van der Waals surface area contributed by atoms with E-state index in [0.717, 1.165) is 54.9 Å². The van der Waals surface area contributed by atoms with Crippen LogP contribution in [0.1, 0.15) is 18.9 Å². The fourth-order valence-corrected chi connectivity index (χ4v) is 7.77. The molecule has 0 fully saturated rings. The number of thiazole rings is 1. The Labute approximate surface area is 231 Å². The molecule has 0 aliphatic carbocycles. The Balaban J connectivity index is 1.65. The van der Waals surface area contributed by atoms with Crippen molar-refractivity contribution >= 4 is 68.2 Å². The fourth-order valence-electron chi connectivity index (χ4n) is 4.29. The minimum Gasteiger partial charge on any atom is -0.335 e. The number of rotatable bonds is 8. The minimum atomic E-state index is -0.618. The van der Waals surface area contributed by atoms with E-state index in [1.807, 2.05) is 36.4 Å². The van der Waals surface area contributed by atoms with Crippen molar-refractivity contribution < 1.29 is 14.4 Å². The molecular formula is C27H23N4O4S3+. The molecule has 0 N–H and O–H groups in total. The van der Waals surface area contributed by atoms with E-state index in [2.05, 4.69) is 47.6 Å². The highest BCUT2D eigenvalue weighted by Crippen LogP contribution is 2.47. The quantitative estimate of drug-likeness (QED) is 0.0941. The van der Waals surface area contributed by atoms with Crippen LogP contribution in [0.3, 0.4) is 0 Å². The molecule has 8 nitrogen and oxygen atoms in total. The summed E-state index contributed by atoms with van der Waals surface area (Å²) in [5.74, 6) is 0. The molecule has 3 aromatic carbocycles. The maximum atomic E-state index is 11.9. The number of anilines is 1. The highest BCUT2D eigenvalue weighted by molar-refractivity contribution is 8.04. The first-order chi connectivity index (χ1) is 18.4. The number of thioether (sulfide) groups is 2. The highest BCUT2D eigenvalue weighted by atomic mass is 32.2. The monoisotopic (exact) mass is 563 g/mol. The zero-order chi connectivity index (χ0) is 26.8. The molecular weight excluding hydrogens is 541 g/mol. The minimum absolute atomic E-state index is 0.289. The maximum absolute atomic E-state index is 11.9. The van der Waals surface area contributed by atoms with Crippen LogP contribution in [0.5, 0.6) is 0 Å². The number of non-ortho nitro benzene ring substituents is 1. The predicted molar refractivity (Wildman–Crippen MR) is 155 cm³/mol. The van der Waals surface area contributed by atoms with Crippen molar-refractivity contribution in [2.45, 2.75) is 30.2 Å². The SMILES string of the molecule is CCN1C(=CC(=Cc2sc3ccccc3[n+]2CC)Sc2ccc([N+](=O)[O-])cc2[N+](=O)[O-])Sc2ccccc21. The van der Waals surface area contributed by atoms with Crippen molar-refractivity contribution in [1.82, 2.24) is 0 Å². The lowest BCUT2D eigenvalue weighted by molar-refractivity contribution is -0.665. The lowest BCUT2D eigenvalue weighted by Crippen LogP contribution is -2.33. The van der Waals surface area contributed by atoms with Crippen LogP contribution in [0, 0.1) is 20.2 Å². The van der Waals surface area contributed by atoms with E-state index >= 15 is 0 Å². The van der Waals surface area contributed by atoms with E-state index in [1.165, 1.54) is 23.9 Å². The number of nitrogens with zero attached hydrogens (tertiary/aromatic N) is 4. The summed E-state index contributed by atoms with van der Waals surface area (Å²) < 4.78 is 3.37. The summed E-state index contributed by atoms with van der Waals surface area (Å²) >= 11 is 4.55. The molecule has 0 bridgehead atoms. The van der Waals surface area contributed by atoms with Crippen LogP contribution >= 0.6 is 34.9 Å². The Bertz CT molecular complexity index is 1630. The second-order valence-electron chi connectivity index (χ2n) is 8.26. The summed E-state index contributed by atoms with van der Waals surface area (Å²) in [6.45, 7) is 5.71. The maximum Gasteiger partial charge on any atom is 0.290 e. The third kappa shape index (κ3) is 5.04. The first-order valence-electron chi connectivity index (χ1n) is 11.9. The van der Waals surface area contributed by atoms with E-state index in [0.29, 0.717) is 4.90 Å². The summed E-state index contributed by atoms with van der Waals surface area (Å²) in [5.41, 5.74) is 1.66. The number of para-hydroxylation sites is 2. The van der Waals surface area contributed by atoms with Gasteiger partial charge < -0.3 is 4.90 Å². The molecule has 1 aliphatic rings. The molecule has 0 spiro atoms. The number of hydrogen-bond donors (Lipinski definition) is 0. The lowest BCUT2D eigenvalue weighted by atomic mass is 10.3. The van der Waals surface area contributed by atoms with E-state index in [4.69, 9.17) is 0 Å². The Morgan fingerprint density at radius 1 is 1.03 bits per heavy atom. The summed E-state index contributed by atoms with van der Waals surface area (Å²) in [6, 6.07) is 20.2. The van der Waals surface area contributed by atoms with E-state index in [9.17, 15) is 20.2 Å². The molecule has 4 aromatic rings. The molecule has 0 saturated carbocycles. The average molecular weight is 564 g/mol. The number of hydrogen-bond acceptors (Lipinski definition) is 8. The van der Waals surface area contributed by atoms with Crippen LogP contribution in [-0.2, 0) is 6.54 Å². The highest BCUT2D eigenvalue weighted by Gasteiger charge is 2.26. The third-order valence-electron chi connectivity index (χ3n) is 6.01. The summed E-state index contributed by atoms with van der Waals surface area (Å²) in [6.07, 6.45) is 4.10. The predicted octanol–water partition coefficient (Wildman–Crippen LogP) is 7.63. The van der Waals surface area contributed by atoms with Crippen LogP contribution < -0.4 is 9.47 Å². The molecule has 0 atom stereocenters. The number of aromatic nitrogens is 1. The normalized spacial score (nSPS) is 14.3. The van der Waals surface area contributed by atoms with Gasteiger partial charge in [-0.1, -0.05) is 59.1 Å². The molecule has 1 aliphatic heterocycles. The average Bonchev–Trinajstić information content (AvgIpc) is 3.44. The zero-order valence-corrected chi connectivity index (χ0v) is 23.0. The van der Waals surface area contributed by atoms with Crippen LogP contribution in [-0.4, -0.2) is 16.4 Å². The summed E-state index contributed by atoms with van der Waals surface area (Å²) in [4.78, 5) is 26.5. The van der Waals surface area contributed by atoms with Gasteiger partial charge in [-0.2, -0.15) is 4.57 Å². The van der Waals surface area contributed by atoms with Gasteiger partial charge in [0.15, 0.2) is 0 Å². The van der Waals surface area contributed by atoms with Gasteiger partial charge in [-0.15, -0.1) is 0 Å². The van der Waals surface area contributed by atoms with Gasteiger partial charge in [0, 0.05) is 34.6 Å². The van der Waals surface area contributed by atoms with Crippen LogP contribution in [0.15, 0.2) is 92.5 Å². The Morgan fingerprint density at radius 2 is 1.79 bits per heavy atom. The first-order valence-corrected chi connectivity index (χ1v) is 14.3. The molecule has 5 rings (SSSR count). The third-order valence-corrected chi connectivity index (χ3v) is 9.28. The van der Waals surface area contributed by atoms with Crippen molar-refractivity contribution in [3.05, 3.63) is 108 Å². The molecule has 0 saturated heterocycles. The first kappa shape index (κ1) is 26.0. The second kappa shape index (κ2) is 11.0. The standard InChI is InChI=1S/C27H23N4O4S3/c1-3-28-20-9-5-7-11-23(20)37-26(28)16-19(17-27-29(4-2)21-10-6-8-12-24(21)38-27)36-25-14-13-18(30(32)33)15-22(25)31(34)35/h5-17H,3-4H2,1-2H3/q+1. The van der Waals surface area contributed by atoms with E-state index in [1.54, 1.807) is 23.1 Å². The molecule has 11 heteroatoms. The van der Waals surface area contributed by atoms with Gasteiger partial charge in [-0.3, -0.25) is 20.2 Å². The molecule has 0 radical (unpaired) electrons. The van der Waals surface area contributed by atoms with Crippen molar-refractivity contribution in [3.63, 3.8) is 0 Å². The number of fused-ring (bicyclic) bond motifs is 2. The van der Waals surface area contributed by atoms with Gasteiger partial charge in [0.25, 0.3) is 16.4 Å². The van der Waals surface area contributed by atoms with Crippen molar-refractivity contribution in [2.24, 2.45) is 0 Å². The number of allylic oxidation sites excluding steroid dienone is 1. The van der Waals surface area contributed by atoms with Gasteiger partial charge in [0.2, 0.25) is 5.52 Å². The Hall–Kier alpha value is -3.67. The van der Waals surface area contributed by atoms with Gasteiger partial charge in [0.05, 0.1) is 31.5 Å². The zero-order valence-electron chi connectivity index (χ0n) is 20.6. The van der Waals surface area contributed by atoms with Gasteiger partial charge in [-0.05, 0) is 44.2 Å². The number of benzene rings is 3. The largest absolute Gasteiger partial charge is 0.335 e. The van der Waals surface area contributed by atoms with Gasteiger partial charge in [-0.25, -0.2) is 0 Å². The molecule has 2 heterocycles. The lowest BCUT2D eigenvalue weighted by Gasteiger charge is -2.18. The van der Waals surface area contributed by atoms with Crippen LogP contribution in [0.25, 0.3) is 16.3 Å². The molecule has 1 aromatic heterocycles. The van der Waals surface area contributed by atoms with Crippen molar-refractivity contribution in [3.8, 4) is 0 Å². The van der Waals surface area contributed by atoms with Crippen molar-refractivity contribution in [2.75, 3.05) is 11.4 Å². The number of nitro benzene ring substituents is 2. The van der Waals surface area contributed by atoms with E-state index in [-0.39, 0.29) is 11.4 Å². The van der Waals surface area contributed by atoms with Crippen molar-refractivity contribution in [1.29, 1.82) is 0 Å². The van der Waals surface area contributed by atoms with Crippen LogP contribution in [0.4, 0.5) is 17.1 Å². The number of aryl methyl sites for hydroxylation is 1. The number of nitro groups is 2. The molecule has 192 valence electrons. The summed E-state index contributed by atoms with van der Waals surface area (Å²) in [7, 11) is 0. The van der Waals surface area contributed by atoms with E-state index < -0.39 is 9.85 Å².